The second kappa shape index (κ2) is 20.9. The van der Waals surface area contributed by atoms with Gasteiger partial charge in [0.25, 0.3) is 0 Å². The molecule has 0 N–H and O–H groups in total. The van der Waals surface area contributed by atoms with Gasteiger partial charge in [-0.25, -0.2) is 9.97 Å². The van der Waals surface area contributed by atoms with E-state index >= 15 is 0 Å². The van der Waals surface area contributed by atoms with Crippen LogP contribution in [0.15, 0.2) is 141 Å². The van der Waals surface area contributed by atoms with Crippen LogP contribution in [-0.4, -0.2) is 34.9 Å². The van der Waals surface area contributed by atoms with Gasteiger partial charge in [-0.15, -0.1) is 0 Å². The summed E-state index contributed by atoms with van der Waals surface area (Å²) in [4.78, 5) is 26.1. The number of pyridine rings is 3. The molecule has 5 rings (SSSR count). The number of aromatic nitrogens is 7. The maximum Gasteiger partial charge on any atom is 0.115 e. The normalized spacial score (nSPS) is 8.00. The zero-order chi connectivity index (χ0) is 21.2. The SMILES string of the molecule is c1ccncc1.c1ccncc1.c1ccncc1.c1cnccn1.c1cncnc1. The molecule has 150 valence electrons. The summed E-state index contributed by atoms with van der Waals surface area (Å²) in [5.41, 5.74) is 0. The minimum absolute atomic E-state index is 1.50. The number of nitrogens with zero attached hydrogens (tertiary/aromatic N) is 7. The Bertz CT molecular complexity index is 566. The Kier molecular flexibility index (Phi) is 16.5. The van der Waals surface area contributed by atoms with E-state index in [2.05, 4.69) is 34.9 Å². The molecule has 0 atom stereocenters. The van der Waals surface area contributed by atoms with Gasteiger partial charge in [0.2, 0.25) is 0 Å². The van der Waals surface area contributed by atoms with Crippen LogP contribution < -0.4 is 0 Å². The summed E-state index contributed by atoms with van der Waals surface area (Å²) in [5, 5.41) is 0. The van der Waals surface area contributed by atoms with Gasteiger partial charge >= 0.3 is 0 Å². The molecule has 5 aromatic heterocycles. The summed E-state index contributed by atoms with van der Waals surface area (Å²) in [6, 6.07) is 18.9. The minimum Gasteiger partial charge on any atom is -0.265 e. The van der Waals surface area contributed by atoms with Crippen LogP contribution in [0.2, 0.25) is 0 Å². The third kappa shape index (κ3) is 18.4. The van der Waals surface area contributed by atoms with Crippen LogP contribution in [0.25, 0.3) is 0 Å². The van der Waals surface area contributed by atoms with Crippen LogP contribution in [0.3, 0.4) is 0 Å². The highest BCUT2D eigenvalue weighted by Crippen LogP contribution is 1.75. The molecule has 0 unspecified atom stereocenters. The van der Waals surface area contributed by atoms with Gasteiger partial charge in [-0.05, 0) is 42.5 Å². The van der Waals surface area contributed by atoms with Gasteiger partial charge in [-0.2, -0.15) is 0 Å². The van der Waals surface area contributed by atoms with Gasteiger partial charge in [0.05, 0.1) is 0 Å². The Morgan fingerprint density at radius 3 is 0.567 bits per heavy atom. The fraction of sp³-hybridized carbons (Fsp3) is 0. The Hall–Kier alpha value is -4.39. The topological polar surface area (TPSA) is 90.2 Å². The van der Waals surface area contributed by atoms with E-state index in [1.165, 1.54) is 6.33 Å². The number of rotatable bonds is 0. The molecule has 0 aliphatic rings. The molecule has 0 bridgehead atoms. The molecule has 0 spiro atoms. The van der Waals surface area contributed by atoms with Crippen LogP contribution in [-0.2, 0) is 0 Å². The van der Waals surface area contributed by atoms with Crippen molar-refractivity contribution >= 4 is 0 Å². The summed E-state index contributed by atoms with van der Waals surface area (Å²) in [6.07, 6.45) is 21.9. The molecule has 0 aliphatic heterocycles. The molecule has 0 saturated carbocycles. The fourth-order valence-electron chi connectivity index (χ4n) is 1.44. The third-order valence-electron chi connectivity index (χ3n) is 2.65. The first-order valence-electron chi connectivity index (χ1n) is 8.95. The van der Waals surface area contributed by atoms with Crippen molar-refractivity contribution in [1.82, 2.24) is 34.9 Å². The first kappa shape index (κ1) is 23.6. The molecule has 30 heavy (non-hydrogen) atoms. The van der Waals surface area contributed by atoms with Crippen LogP contribution >= 0.6 is 0 Å². The van der Waals surface area contributed by atoms with E-state index < -0.39 is 0 Å². The molecule has 7 nitrogen and oxygen atoms in total. The quantitative estimate of drug-likeness (QED) is 0.387. The molecular formula is C23H23N7. The Balaban J connectivity index is 0.000000187. The average Bonchev–Trinajstić information content (AvgIpc) is 2.91. The van der Waals surface area contributed by atoms with E-state index in [1.54, 1.807) is 80.4 Å². The molecule has 0 saturated heterocycles. The van der Waals surface area contributed by atoms with E-state index in [0.29, 0.717) is 0 Å². The molecule has 0 fully saturated rings. The monoisotopic (exact) mass is 397 g/mol. The van der Waals surface area contributed by atoms with Crippen LogP contribution in [0.1, 0.15) is 0 Å². The highest BCUT2D eigenvalue weighted by Gasteiger charge is 1.61. The largest absolute Gasteiger partial charge is 0.265 e. The van der Waals surface area contributed by atoms with Crippen molar-refractivity contribution in [2.75, 3.05) is 0 Å². The molecule has 7 heteroatoms. The van der Waals surface area contributed by atoms with Gasteiger partial charge in [0.15, 0.2) is 0 Å². The molecule has 5 heterocycles. The molecular weight excluding hydrogens is 374 g/mol. The predicted octanol–water partition coefficient (Wildman–Crippen LogP) is 4.20. The number of hydrogen-bond donors (Lipinski definition) is 0. The maximum atomic E-state index is 3.78. The lowest BCUT2D eigenvalue weighted by molar-refractivity contribution is 1.17. The lowest BCUT2D eigenvalue weighted by Gasteiger charge is -1.70. The summed E-state index contributed by atoms with van der Waals surface area (Å²) >= 11 is 0. The highest BCUT2D eigenvalue weighted by molar-refractivity contribution is 4.89. The van der Waals surface area contributed by atoms with Gasteiger partial charge < -0.3 is 0 Å². The van der Waals surface area contributed by atoms with E-state index in [-0.39, 0.29) is 0 Å². The lowest BCUT2D eigenvalue weighted by Crippen LogP contribution is -1.66. The fourth-order valence-corrected chi connectivity index (χ4v) is 1.44. The average molecular weight is 397 g/mol. The van der Waals surface area contributed by atoms with Gasteiger partial charge in [0.1, 0.15) is 6.33 Å². The van der Waals surface area contributed by atoms with E-state index in [1.807, 2.05) is 54.6 Å². The van der Waals surface area contributed by atoms with Crippen molar-refractivity contribution in [3.8, 4) is 0 Å². The van der Waals surface area contributed by atoms with Crippen molar-refractivity contribution in [3.63, 3.8) is 0 Å². The Labute approximate surface area is 176 Å². The predicted molar refractivity (Wildman–Crippen MR) is 117 cm³/mol. The van der Waals surface area contributed by atoms with Crippen molar-refractivity contribution in [2.24, 2.45) is 0 Å². The highest BCUT2D eigenvalue weighted by atomic mass is 14.8. The third-order valence-corrected chi connectivity index (χ3v) is 2.65. The molecule has 0 aromatic carbocycles. The Morgan fingerprint density at radius 2 is 0.467 bits per heavy atom. The standard InChI is InChI=1S/3C5H5N.2C4H4N2/c3*1-2-4-6-5-3-1;1-2-6-4-3-5-1;1-2-5-4-6-3-1/h3*1-5H;2*1-4H. The van der Waals surface area contributed by atoms with Gasteiger partial charge in [-0.3, -0.25) is 24.9 Å². The van der Waals surface area contributed by atoms with E-state index in [0.717, 1.165) is 0 Å². The molecule has 0 amide bonds. The van der Waals surface area contributed by atoms with E-state index in [4.69, 9.17) is 0 Å². The summed E-state index contributed by atoms with van der Waals surface area (Å²) in [6.45, 7) is 0. The zero-order valence-electron chi connectivity index (χ0n) is 16.4. The smallest absolute Gasteiger partial charge is 0.115 e. The summed E-state index contributed by atoms with van der Waals surface area (Å²) < 4.78 is 0. The van der Waals surface area contributed by atoms with Gasteiger partial charge in [-0.1, -0.05) is 18.2 Å². The van der Waals surface area contributed by atoms with Crippen molar-refractivity contribution < 1.29 is 0 Å². The molecule has 0 radical (unpaired) electrons. The van der Waals surface area contributed by atoms with Crippen LogP contribution in [0.4, 0.5) is 0 Å². The second-order valence-electron chi connectivity index (χ2n) is 4.87. The first-order chi connectivity index (χ1) is 15.0. The van der Waals surface area contributed by atoms with E-state index in [9.17, 15) is 0 Å². The van der Waals surface area contributed by atoms with Crippen LogP contribution in [0, 0.1) is 0 Å². The minimum atomic E-state index is 1.50. The lowest BCUT2D eigenvalue weighted by atomic mass is 10.5. The summed E-state index contributed by atoms with van der Waals surface area (Å²) in [5.74, 6) is 0. The van der Waals surface area contributed by atoms with Crippen LogP contribution in [0.5, 0.6) is 0 Å². The molecule has 5 aromatic rings. The second-order valence-corrected chi connectivity index (χ2v) is 4.87. The zero-order valence-corrected chi connectivity index (χ0v) is 16.4. The molecule has 0 aliphatic carbocycles. The summed E-state index contributed by atoms with van der Waals surface area (Å²) in [7, 11) is 0. The van der Waals surface area contributed by atoms with Gasteiger partial charge in [0, 0.05) is 74.4 Å². The maximum absolute atomic E-state index is 3.78. The number of hydrogen-bond acceptors (Lipinski definition) is 7. The van der Waals surface area contributed by atoms with Crippen molar-refractivity contribution in [2.45, 2.75) is 0 Å². The van der Waals surface area contributed by atoms with Crippen molar-refractivity contribution in [1.29, 1.82) is 0 Å². The van der Waals surface area contributed by atoms with Crippen molar-refractivity contribution in [3.05, 3.63) is 141 Å². The first-order valence-corrected chi connectivity index (χ1v) is 8.95. The Morgan fingerprint density at radius 1 is 0.200 bits per heavy atom.